The molecule has 24 heavy (non-hydrogen) atoms. The van der Waals surface area contributed by atoms with Gasteiger partial charge in [0.2, 0.25) is 0 Å². The molecule has 0 radical (unpaired) electrons. The number of benzene rings is 2. The summed E-state index contributed by atoms with van der Waals surface area (Å²) in [6.07, 6.45) is 9.30. The van der Waals surface area contributed by atoms with E-state index < -0.39 is 0 Å². The van der Waals surface area contributed by atoms with Gasteiger partial charge in [-0.05, 0) is 55.7 Å². The smallest absolute Gasteiger partial charge is 0.0945 e. The Balaban J connectivity index is 1.69. The van der Waals surface area contributed by atoms with Crippen LogP contribution in [-0.2, 0) is 19.4 Å². The summed E-state index contributed by atoms with van der Waals surface area (Å²) in [6.45, 7) is 5.38. The van der Waals surface area contributed by atoms with Gasteiger partial charge in [-0.1, -0.05) is 54.1 Å². The topological polar surface area (TPSA) is 17.8 Å². The van der Waals surface area contributed by atoms with E-state index in [-0.39, 0.29) is 0 Å². The average Bonchev–Trinajstić information content (AvgIpc) is 3.09. The van der Waals surface area contributed by atoms with Crippen LogP contribution in [0.1, 0.15) is 28.7 Å². The lowest BCUT2D eigenvalue weighted by Gasteiger charge is -2.19. The van der Waals surface area contributed by atoms with Crippen LogP contribution in [0.3, 0.4) is 0 Å². The van der Waals surface area contributed by atoms with Crippen molar-refractivity contribution in [3.63, 3.8) is 0 Å². The molecule has 2 heteroatoms. The van der Waals surface area contributed by atoms with E-state index in [0.717, 1.165) is 19.4 Å². The summed E-state index contributed by atoms with van der Waals surface area (Å²) < 4.78 is 2.21. The SMILES string of the molecule is Cc1ccc(CCC(Cc2ccccc2C)Cn2ccnc2)cc1. The van der Waals surface area contributed by atoms with Crippen LogP contribution in [-0.4, -0.2) is 9.55 Å². The minimum Gasteiger partial charge on any atom is -0.337 e. The molecule has 0 bridgehead atoms. The molecule has 2 aromatic carbocycles. The van der Waals surface area contributed by atoms with E-state index in [1.807, 2.05) is 12.5 Å². The molecule has 1 unspecified atom stereocenters. The fraction of sp³-hybridized carbons (Fsp3) is 0.318. The maximum atomic E-state index is 4.19. The zero-order valence-electron chi connectivity index (χ0n) is 14.7. The summed E-state index contributed by atoms with van der Waals surface area (Å²) in [7, 11) is 0. The minimum absolute atomic E-state index is 0.613. The first-order valence-electron chi connectivity index (χ1n) is 8.76. The molecule has 1 heterocycles. The lowest BCUT2D eigenvalue weighted by Crippen LogP contribution is -2.14. The Hall–Kier alpha value is -2.35. The summed E-state index contributed by atoms with van der Waals surface area (Å²) in [6, 6.07) is 17.7. The van der Waals surface area contributed by atoms with Crippen LogP contribution in [0.4, 0.5) is 0 Å². The van der Waals surface area contributed by atoms with E-state index in [1.54, 1.807) is 0 Å². The van der Waals surface area contributed by atoms with Gasteiger partial charge in [-0.3, -0.25) is 0 Å². The van der Waals surface area contributed by atoms with Crippen molar-refractivity contribution in [1.29, 1.82) is 0 Å². The van der Waals surface area contributed by atoms with Crippen molar-refractivity contribution < 1.29 is 0 Å². The van der Waals surface area contributed by atoms with Crippen molar-refractivity contribution in [1.82, 2.24) is 9.55 Å². The van der Waals surface area contributed by atoms with E-state index in [9.17, 15) is 0 Å². The second-order valence-corrected chi connectivity index (χ2v) is 6.78. The van der Waals surface area contributed by atoms with Gasteiger partial charge in [0, 0.05) is 18.9 Å². The Morgan fingerprint density at radius 3 is 2.50 bits per heavy atom. The van der Waals surface area contributed by atoms with Gasteiger partial charge in [0.1, 0.15) is 0 Å². The quantitative estimate of drug-likeness (QED) is 0.600. The zero-order chi connectivity index (χ0) is 16.8. The Kier molecular flexibility index (Phi) is 5.47. The molecular weight excluding hydrogens is 292 g/mol. The number of hydrogen-bond acceptors (Lipinski definition) is 1. The lowest BCUT2D eigenvalue weighted by molar-refractivity contribution is 0.411. The summed E-state index contributed by atoms with van der Waals surface area (Å²) in [5.74, 6) is 0.613. The van der Waals surface area contributed by atoms with E-state index >= 15 is 0 Å². The van der Waals surface area contributed by atoms with Crippen LogP contribution in [0.25, 0.3) is 0 Å². The molecule has 1 atom stereocenters. The Labute approximate surface area is 145 Å². The van der Waals surface area contributed by atoms with Crippen LogP contribution < -0.4 is 0 Å². The van der Waals surface area contributed by atoms with Crippen molar-refractivity contribution >= 4 is 0 Å². The second kappa shape index (κ2) is 7.96. The highest BCUT2D eigenvalue weighted by Crippen LogP contribution is 2.20. The summed E-state index contributed by atoms with van der Waals surface area (Å²) in [5, 5.41) is 0. The van der Waals surface area contributed by atoms with Gasteiger partial charge < -0.3 is 4.57 Å². The third-order valence-electron chi connectivity index (χ3n) is 4.76. The third-order valence-corrected chi connectivity index (χ3v) is 4.76. The van der Waals surface area contributed by atoms with E-state index in [1.165, 1.54) is 28.7 Å². The zero-order valence-corrected chi connectivity index (χ0v) is 14.7. The molecule has 0 fully saturated rings. The van der Waals surface area contributed by atoms with Gasteiger partial charge >= 0.3 is 0 Å². The molecule has 0 spiro atoms. The molecular formula is C22H26N2. The Morgan fingerprint density at radius 2 is 1.79 bits per heavy atom. The molecule has 0 aliphatic carbocycles. The normalized spacial score (nSPS) is 12.2. The first kappa shape index (κ1) is 16.5. The second-order valence-electron chi connectivity index (χ2n) is 6.78. The molecule has 0 aliphatic rings. The van der Waals surface area contributed by atoms with E-state index in [0.29, 0.717) is 5.92 Å². The molecule has 2 nitrogen and oxygen atoms in total. The molecule has 0 N–H and O–H groups in total. The minimum atomic E-state index is 0.613. The molecule has 1 aromatic heterocycles. The van der Waals surface area contributed by atoms with Gasteiger partial charge in [0.05, 0.1) is 6.33 Å². The standard InChI is InChI=1S/C22H26N2/c1-18-7-9-20(10-8-18)11-12-21(16-24-14-13-23-17-24)15-22-6-4-3-5-19(22)2/h3-10,13-14,17,21H,11-12,15-16H2,1-2H3. The van der Waals surface area contributed by atoms with Crippen molar-refractivity contribution in [2.45, 2.75) is 39.7 Å². The summed E-state index contributed by atoms with van der Waals surface area (Å²) in [5.41, 5.74) is 5.62. The average molecular weight is 318 g/mol. The fourth-order valence-electron chi connectivity index (χ4n) is 3.23. The molecule has 0 saturated heterocycles. The Bertz CT molecular complexity index is 742. The molecule has 3 aromatic rings. The number of hydrogen-bond donors (Lipinski definition) is 0. The van der Waals surface area contributed by atoms with Crippen LogP contribution in [0.5, 0.6) is 0 Å². The highest BCUT2D eigenvalue weighted by molar-refractivity contribution is 5.26. The summed E-state index contributed by atoms with van der Waals surface area (Å²) in [4.78, 5) is 4.19. The van der Waals surface area contributed by atoms with Gasteiger partial charge in [0.15, 0.2) is 0 Å². The largest absolute Gasteiger partial charge is 0.337 e. The van der Waals surface area contributed by atoms with Gasteiger partial charge in [0.25, 0.3) is 0 Å². The highest BCUT2D eigenvalue weighted by atomic mass is 15.0. The van der Waals surface area contributed by atoms with E-state index in [2.05, 4.69) is 78.1 Å². The van der Waals surface area contributed by atoms with Crippen molar-refractivity contribution in [3.05, 3.63) is 89.5 Å². The van der Waals surface area contributed by atoms with Crippen molar-refractivity contribution in [3.8, 4) is 0 Å². The fourth-order valence-corrected chi connectivity index (χ4v) is 3.23. The van der Waals surface area contributed by atoms with Crippen LogP contribution in [0.2, 0.25) is 0 Å². The van der Waals surface area contributed by atoms with Crippen molar-refractivity contribution in [2.75, 3.05) is 0 Å². The number of nitrogens with zero attached hydrogens (tertiary/aromatic N) is 2. The molecule has 0 aliphatic heterocycles. The Morgan fingerprint density at radius 1 is 1.00 bits per heavy atom. The molecule has 0 amide bonds. The number of rotatable bonds is 7. The highest BCUT2D eigenvalue weighted by Gasteiger charge is 2.12. The summed E-state index contributed by atoms with van der Waals surface area (Å²) >= 11 is 0. The van der Waals surface area contributed by atoms with Crippen LogP contribution in [0.15, 0.2) is 67.3 Å². The number of aromatic nitrogens is 2. The maximum Gasteiger partial charge on any atom is 0.0945 e. The first-order chi connectivity index (χ1) is 11.7. The van der Waals surface area contributed by atoms with Gasteiger partial charge in [-0.2, -0.15) is 0 Å². The predicted molar refractivity (Wildman–Crippen MR) is 100 cm³/mol. The van der Waals surface area contributed by atoms with Crippen LogP contribution >= 0.6 is 0 Å². The van der Waals surface area contributed by atoms with Gasteiger partial charge in [-0.25, -0.2) is 4.98 Å². The third kappa shape index (κ3) is 4.58. The lowest BCUT2D eigenvalue weighted by atomic mass is 9.91. The molecule has 0 saturated carbocycles. The number of imidazole rings is 1. The maximum absolute atomic E-state index is 4.19. The monoisotopic (exact) mass is 318 g/mol. The van der Waals surface area contributed by atoms with Crippen LogP contribution in [0, 0.1) is 19.8 Å². The predicted octanol–water partition coefficient (Wildman–Crippen LogP) is 4.99. The van der Waals surface area contributed by atoms with Gasteiger partial charge in [-0.15, -0.1) is 0 Å². The van der Waals surface area contributed by atoms with E-state index in [4.69, 9.17) is 0 Å². The molecule has 124 valence electrons. The first-order valence-corrected chi connectivity index (χ1v) is 8.76. The number of aryl methyl sites for hydroxylation is 3. The van der Waals surface area contributed by atoms with Crippen molar-refractivity contribution in [2.24, 2.45) is 5.92 Å². The molecule has 3 rings (SSSR count).